The molecule has 0 saturated carbocycles. The molecule has 0 aliphatic carbocycles. The molecule has 0 radical (unpaired) electrons. The Balaban J connectivity index is 2.38. The van der Waals surface area contributed by atoms with Gasteiger partial charge in [0.05, 0.1) is 10.5 Å². The molecule has 7 heteroatoms. The lowest BCUT2D eigenvalue weighted by Crippen LogP contribution is -2.30. The molecule has 1 aliphatic heterocycles. The Morgan fingerprint density at radius 1 is 1.35 bits per heavy atom. The van der Waals surface area contributed by atoms with Crippen LogP contribution in [0.3, 0.4) is 0 Å². The molecule has 1 aliphatic rings. The van der Waals surface area contributed by atoms with E-state index >= 15 is 0 Å². The average Bonchev–Trinajstić information content (AvgIpc) is 2.67. The van der Waals surface area contributed by atoms with Crippen molar-refractivity contribution in [1.82, 2.24) is 10.2 Å². The smallest absolute Gasteiger partial charge is 0.303 e. The third-order valence-corrected chi connectivity index (χ3v) is 2.71. The zero-order chi connectivity index (χ0) is 14.7. The molecular formula is C13H11N3O4. The molecule has 102 valence electrons. The minimum absolute atomic E-state index is 0.00569. The van der Waals surface area contributed by atoms with Gasteiger partial charge in [-0.15, -0.1) is 6.58 Å². The number of carbonyl (C=O) groups excluding carboxylic acids is 2. The van der Waals surface area contributed by atoms with Crippen LogP contribution in [0.1, 0.15) is 5.56 Å². The Morgan fingerprint density at radius 3 is 2.70 bits per heavy atom. The maximum absolute atomic E-state index is 11.9. The van der Waals surface area contributed by atoms with Gasteiger partial charge in [0.25, 0.3) is 11.6 Å². The summed E-state index contributed by atoms with van der Waals surface area (Å²) in [6, 6.07) is 5.40. The van der Waals surface area contributed by atoms with Gasteiger partial charge in [-0.25, -0.2) is 4.79 Å². The number of nitro benzene ring substituents is 1. The van der Waals surface area contributed by atoms with Gasteiger partial charge in [0.1, 0.15) is 5.70 Å². The van der Waals surface area contributed by atoms with Crippen LogP contribution in [0.15, 0.2) is 42.6 Å². The number of amides is 3. The third kappa shape index (κ3) is 2.41. The van der Waals surface area contributed by atoms with Gasteiger partial charge in [-0.05, 0) is 12.1 Å². The highest BCUT2D eigenvalue weighted by Gasteiger charge is 2.32. The maximum atomic E-state index is 11.9. The number of nitrogens with zero attached hydrogens (tertiary/aromatic N) is 2. The summed E-state index contributed by atoms with van der Waals surface area (Å²) in [5.74, 6) is -0.534. The highest BCUT2D eigenvalue weighted by atomic mass is 16.6. The van der Waals surface area contributed by atoms with E-state index < -0.39 is 16.9 Å². The Bertz CT molecular complexity index is 636. The summed E-state index contributed by atoms with van der Waals surface area (Å²) < 4.78 is 0. The second-order valence-corrected chi connectivity index (χ2v) is 4.01. The number of hydrogen-bond acceptors (Lipinski definition) is 4. The van der Waals surface area contributed by atoms with Gasteiger partial charge in [0.2, 0.25) is 0 Å². The van der Waals surface area contributed by atoms with Crippen molar-refractivity contribution in [2.75, 3.05) is 6.54 Å². The summed E-state index contributed by atoms with van der Waals surface area (Å²) in [5.41, 5.74) is 0.122. The van der Waals surface area contributed by atoms with E-state index in [-0.39, 0.29) is 23.5 Å². The summed E-state index contributed by atoms with van der Waals surface area (Å²) in [4.78, 5) is 34.8. The quantitative estimate of drug-likeness (QED) is 0.297. The molecule has 0 spiro atoms. The van der Waals surface area contributed by atoms with Crippen LogP contribution in [0, 0.1) is 10.1 Å². The topological polar surface area (TPSA) is 92.6 Å². The molecule has 7 nitrogen and oxygen atoms in total. The monoisotopic (exact) mass is 273 g/mol. The number of hydrogen-bond donors (Lipinski definition) is 1. The molecule has 1 heterocycles. The fraction of sp³-hybridized carbons (Fsp3) is 0.0769. The first kappa shape index (κ1) is 13.5. The second kappa shape index (κ2) is 5.35. The van der Waals surface area contributed by atoms with Gasteiger partial charge in [0, 0.05) is 12.6 Å². The van der Waals surface area contributed by atoms with Gasteiger partial charge in [-0.2, -0.15) is 0 Å². The van der Waals surface area contributed by atoms with Crippen LogP contribution in [0.25, 0.3) is 6.08 Å². The van der Waals surface area contributed by atoms with Crippen LogP contribution in [-0.4, -0.2) is 28.3 Å². The van der Waals surface area contributed by atoms with Crippen molar-refractivity contribution in [2.24, 2.45) is 0 Å². The molecule has 0 unspecified atom stereocenters. The van der Waals surface area contributed by atoms with Crippen LogP contribution in [0.4, 0.5) is 10.5 Å². The van der Waals surface area contributed by atoms with Crippen LogP contribution in [0.5, 0.6) is 0 Å². The Hall–Kier alpha value is -2.96. The van der Waals surface area contributed by atoms with E-state index in [2.05, 4.69) is 11.9 Å². The highest BCUT2D eigenvalue weighted by molar-refractivity contribution is 6.14. The minimum Gasteiger partial charge on any atom is -0.303 e. The molecule has 0 atom stereocenters. The number of imide groups is 1. The van der Waals surface area contributed by atoms with Crippen molar-refractivity contribution < 1.29 is 14.5 Å². The maximum Gasteiger partial charge on any atom is 0.329 e. The van der Waals surface area contributed by atoms with Gasteiger partial charge >= 0.3 is 6.03 Å². The minimum atomic E-state index is -0.570. The number of urea groups is 1. The van der Waals surface area contributed by atoms with Crippen molar-refractivity contribution >= 4 is 23.7 Å². The summed E-state index contributed by atoms with van der Waals surface area (Å²) in [6.07, 6.45) is 2.72. The number of nitro groups is 1. The standard InChI is InChI=1S/C13H11N3O4/c1-2-7-15-12(17)10(14-13(15)18)8-9-5-3-4-6-11(9)16(19)20/h2-6,8H,1,7H2,(H,14,18)/b10-8+. The number of benzene rings is 1. The predicted molar refractivity (Wildman–Crippen MR) is 71.5 cm³/mol. The van der Waals surface area contributed by atoms with E-state index in [1.165, 1.54) is 30.4 Å². The van der Waals surface area contributed by atoms with E-state index in [0.717, 1.165) is 4.90 Å². The zero-order valence-corrected chi connectivity index (χ0v) is 10.4. The molecule has 0 bridgehead atoms. The van der Waals surface area contributed by atoms with E-state index in [1.807, 2.05) is 0 Å². The van der Waals surface area contributed by atoms with Crippen LogP contribution in [0.2, 0.25) is 0 Å². The van der Waals surface area contributed by atoms with Crippen molar-refractivity contribution in [3.63, 3.8) is 0 Å². The summed E-state index contributed by atoms with van der Waals surface area (Å²) in [7, 11) is 0. The van der Waals surface area contributed by atoms with Gasteiger partial charge in [0.15, 0.2) is 0 Å². The van der Waals surface area contributed by atoms with Gasteiger partial charge < -0.3 is 5.32 Å². The molecule has 20 heavy (non-hydrogen) atoms. The van der Waals surface area contributed by atoms with Crippen molar-refractivity contribution in [2.45, 2.75) is 0 Å². The molecule has 1 saturated heterocycles. The number of carbonyl (C=O) groups is 2. The molecular weight excluding hydrogens is 262 g/mol. The zero-order valence-electron chi connectivity index (χ0n) is 10.4. The molecule has 1 aromatic carbocycles. The van der Waals surface area contributed by atoms with Crippen molar-refractivity contribution in [3.05, 3.63) is 58.3 Å². The number of rotatable bonds is 4. The number of nitrogens with one attached hydrogen (secondary N) is 1. The average molecular weight is 273 g/mol. The second-order valence-electron chi connectivity index (χ2n) is 4.01. The highest BCUT2D eigenvalue weighted by Crippen LogP contribution is 2.22. The predicted octanol–water partition coefficient (Wildman–Crippen LogP) is 1.67. The molecule has 2 rings (SSSR count). The fourth-order valence-corrected chi connectivity index (χ4v) is 1.80. The van der Waals surface area contributed by atoms with Crippen molar-refractivity contribution in [1.29, 1.82) is 0 Å². The van der Waals surface area contributed by atoms with E-state index in [1.54, 1.807) is 6.07 Å². The normalized spacial score (nSPS) is 16.4. The largest absolute Gasteiger partial charge is 0.329 e. The lowest BCUT2D eigenvalue weighted by molar-refractivity contribution is -0.385. The van der Waals surface area contributed by atoms with Crippen LogP contribution in [-0.2, 0) is 4.79 Å². The third-order valence-electron chi connectivity index (χ3n) is 2.71. The van der Waals surface area contributed by atoms with E-state index in [9.17, 15) is 19.7 Å². The molecule has 1 fully saturated rings. The van der Waals surface area contributed by atoms with Gasteiger partial charge in [-0.1, -0.05) is 18.2 Å². The van der Waals surface area contributed by atoms with Crippen LogP contribution < -0.4 is 5.32 Å². The first-order valence-electron chi connectivity index (χ1n) is 5.73. The summed E-state index contributed by atoms with van der Waals surface area (Å²) in [5, 5.41) is 13.3. The fourth-order valence-electron chi connectivity index (χ4n) is 1.80. The summed E-state index contributed by atoms with van der Waals surface area (Å²) >= 11 is 0. The number of para-hydroxylation sites is 1. The SMILES string of the molecule is C=CCN1C(=O)N/C(=C/c2ccccc2[N+](=O)[O-])C1=O. The lowest BCUT2D eigenvalue weighted by atomic mass is 10.1. The first-order chi connectivity index (χ1) is 9.54. The lowest BCUT2D eigenvalue weighted by Gasteiger charge is -2.06. The molecule has 1 aromatic rings. The first-order valence-corrected chi connectivity index (χ1v) is 5.73. The van der Waals surface area contributed by atoms with E-state index in [4.69, 9.17) is 0 Å². The Kier molecular flexibility index (Phi) is 3.60. The van der Waals surface area contributed by atoms with Gasteiger partial charge in [-0.3, -0.25) is 19.8 Å². The molecule has 0 aromatic heterocycles. The Labute approximate surface area is 114 Å². The van der Waals surface area contributed by atoms with Crippen molar-refractivity contribution in [3.8, 4) is 0 Å². The Morgan fingerprint density at radius 2 is 2.05 bits per heavy atom. The summed E-state index contributed by atoms with van der Waals surface area (Å²) in [6.45, 7) is 3.54. The molecule has 3 amide bonds. The van der Waals surface area contributed by atoms with E-state index in [0.29, 0.717) is 0 Å². The van der Waals surface area contributed by atoms with Crippen LogP contribution >= 0.6 is 0 Å². The molecule has 1 N–H and O–H groups in total.